The second-order valence-electron chi connectivity index (χ2n) is 2.87. The number of carboxylic acids is 1. The molecule has 80 valence electrons. The summed E-state index contributed by atoms with van der Waals surface area (Å²) in [7, 11) is 1.55. The van der Waals surface area contributed by atoms with Gasteiger partial charge in [-0.3, -0.25) is 0 Å². The molecule has 0 aliphatic carbocycles. The van der Waals surface area contributed by atoms with Gasteiger partial charge in [0.15, 0.2) is 0 Å². The zero-order valence-electron chi connectivity index (χ0n) is 8.56. The van der Waals surface area contributed by atoms with Crippen LogP contribution in [0, 0.1) is 0 Å². The maximum absolute atomic E-state index is 10.3. The Morgan fingerprint density at radius 3 is 2.67 bits per heavy atom. The second kappa shape index (κ2) is 5.05. The molecule has 4 nitrogen and oxygen atoms in total. The van der Waals surface area contributed by atoms with E-state index in [1.54, 1.807) is 38.3 Å². The van der Waals surface area contributed by atoms with Gasteiger partial charge in [0.25, 0.3) is 0 Å². The van der Waals surface area contributed by atoms with E-state index in [1.807, 2.05) is 0 Å². The van der Waals surface area contributed by atoms with Crippen LogP contribution in [0.4, 0.5) is 0 Å². The summed E-state index contributed by atoms with van der Waals surface area (Å²) in [4.78, 5) is 10.3. The van der Waals surface area contributed by atoms with Gasteiger partial charge in [0.05, 0.1) is 13.2 Å². The van der Waals surface area contributed by atoms with Crippen LogP contribution >= 0.6 is 0 Å². The third-order valence-corrected chi connectivity index (χ3v) is 1.65. The highest BCUT2D eigenvalue weighted by Crippen LogP contribution is 2.20. The van der Waals surface area contributed by atoms with Gasteiger partial charge in [0.1, 0.15) is 17.3 Å². The minimum absolute atomic E-state index is 0.316. The SMILES string of the molecule is COc1cccc(OC(C)=CC(=O)O)c1. The van der Waals surface area contributed by atoms with E-state index in [0.717, 1.165) is 6.08 Å². The van der Waals surface area contributed by atoms with Crippen LogP contribution in [0.15, 0.2) is 36.1 Å². The third-order valence-electron chi connectivity index (χ3n) is 1.65. The first-order valence-electron chi connectivity index (χ1n) is 4.35. The number of ether oxygens (including phenoxy) is 2. The monoisotopic (exact) mass is 208 g/mol. The molecule has 4 heteroatoms. The van der Waals surface area contributed by atoms with Crippen LogP contribution in [0.25, 0.3) is 0 Å². The lowest BCUT2D eigenvalue weighted by Crippen LogP contribution is -1.96. The third kappa shape index (κ3) is 3.72. The van der Waals surface area contributed by atoms with Crippen molar-refractivity contribution in [1.29, 1.82) is 0 Å². The van der Waals surface area contributed by atoms with Gasteiger partial charge in [-0.25, -0.2) is 4.79 Å². The lowest BCUT2D eigenvalue weighted by Gasteiger charge is -2.06. The minimum Gasteiger partial charge on any atom is -0.497 e. The van der Waals surface area contributed by atoms with E-state index < -0.39 is 5.97 Å². The smallest absolute Gasteiger partial charge is 0.331 e. The first-order chi connectivity index (χ1) is 7.11. The largest absolute Gasteiger partial charge is 0.497 e. The lowest BCUT2D eigenvalue weighted by atomic mass is 10.3. The molecule has 0 radical (unpaired) electrons. The molecule has 0 spiro atoms. The highest BCUT2D eigenvalue weighted by atomic mass is 16.5. The van der Waals surface area contributed by atoms with Crippen molar-refractivity contribution in [3.63, 3.8) is 0 Å². The topological polar surface area (TPSA) is 55.8 Å². The van der Waals surface area contributed by atoms with E-state index in [-0.39, 0.29) is 0 Å². The van der Waals surface area contributed by atoms with Gasteiger partial charge >= 0.3 is 5.97 Å². The second-order valence-corrected chi connectivity index (χ2v) is 2.87. The van der Waals surface area contributed by atoms with E-state index in [1.165, 1.54) is 0 Å². The quantitative estimate of drug-likeness (QED) is 0.607. The molecule has 0 aromatic heterocycles. The van der Waals surface area contributed by atoms with E-state index in [2.05, 4.69) is 0 Å². The highest BCUT2D eigenvalue weighted by molar-refractivity contribution is 5.80. The predicted octanol–water partition coefficient (Wildman–Crippen LogP) is 2.06. The van der Waals surface area contributed by atoms with E-state index in [4.69, 9.17) is 14.6 Å². The maximum atomic E-state index is 10.3. The molecule has 1 aromatic rings. The van der Waals surface area contributed by atoms with Crippen molar-refractivity contribution < 1.29 is 19.4 Å². The molecule has 0 saturated carbocycles. The van der Waals surface area contributed by atoms with Crippen LogP contribution in [-0.2, 0) is 4.79 Å². The molecular formula is C11H12O4. The van der Waals surface area contributed by atoms with Crippen LogP contribution in [0.2, 0.25) is 0 Å². The number of aliphatic carboxylic acids is 1. The van der Waals surface area contributed by atoms with Gasteiger partial charge in [0, 0.05) is 6.07 Å². The summed E-state index contributed by atoms with van der Waals surface area (Å²) in [6.45, 7) is 1.58. The molecule has 1 N–H and O–H groups in total. The fourth-order valence-corrected chi connectivity index (χ4v) is 1.05. The van der Waals surface area contributed by atoms with Crippen molar-refractivity contribution in [2.75, 3.05) is 7.11 Å². The molecule has 0 unspecified atom stereocenters. The average molecular weight is 208 g/mol. The summed E-state index contributed by atoms with van der Waals surface area (Å²) < 4.78 is 10.3. The molecule has 1 aromatic carbocycles. The van der Waals surface area contributed by atoms with Gasteiger partial charge in [-0.15, -0.1) is 0 Å². The Morgan fingerprint density at radius 1 is 1.40 bits per heavy atom. The van der Waals surface area contributed by atoms with Crippen molar-refractivity contribution in [2.45, 2.75) is 6.92 Å². The van der Waals surface area contributed by atoms with Crippen molar-refractivity contribution in [1.82, 2.24) is 0 Å². The van der Waals surface area contributed by atoms with Gasteiger partial charge in [0.2, 0.25) is 0 Å². The molecule has 0 atom stereocenters. The van der Waals surface area contributed by atoms with Crippen molar-refractivity contribution in [3.05, 3.63) is 36.1 Å². The first-order valence-corrected chi connectivity index (χ1v) is 4.35. The van der Waals surface area contributed by atoms with Gasteiger partial charge in [-0.2, -0.15) is 0 Å². The number of benzene rings is 1. The summed E-state index contributed by atoms with van der Waals surface area (Å²) in [5.41, 5.74) is 0. The maximum Gasteiger partial charge on any atom is 0.331 e. The van der Waals surface area contributed by atoms with Gasteiger partial charge in [-0.1, -0.05) is 6.07 Å². The summed E-state index contributed by atoms with van der Waals surface area (Å²) in [5, 5.41) is 8.48. The van der Waals surface area contributed by atoms with Crippen molar-refractivity contribution in [3.8, 4) is 11.5 Å². The Hall–Kier alpha value is -1.97. The molecule has 0 fully saturated rings. The van der Waals surface area contributed by atoms with E-state index >= 15 is 0 Å². The van der Waals surface area contributed by atoms with Crippen molar-refractivity contribution >= 4 is 5.97 Å². The summed E-state index contributed by atoms with van der Waals surface area (Å²) in [6.07, 6.45) is 0.999. The number of hydrogen-bond donors (Lipinski definition) is 1. The summed E-state index contributed by atoms with van der Waals surface area (Å²) in [5.74, 6) is 0.492. The molecule has 0 saturated heterocycles. The fraction of sp³-hybridized carbons (Fsp3) is 0.182. The molecular weight excluding hydrogens is 196 g/mol. The number of allylic oxidation sites excluding steroid dienone is 1. The van der Waals surface area contributed by atoms with Crippen LogP contribution in [0.5, 0.6) is 11.5 Å². The standard InChI is InChI=1S/C11H12O4/c1-8(6-11(12)13)15-10-5-3-4-9(7-10)14-2/h3-7H,1-2H3,(H,12,13). The fourth-order valence-electron chi connectivity index (χ4n) is 1.05. The number of rotatable bonds is 4. The molecule has 0 aliphatic rings. The average Bonchev–Trinajstić information content (AvgIpc) is 2.16. The van der Waals surface area contributed by atoms with Gasteiger partial charge < -0.3 is 14.6 Å². The number of methoxy groups -OCH3 is 1. The van der Waals surface area contributed by atoms with Crippen LogP contribution in [-0.4, -0.2) is 18.2 Å². The molecule has 0 aliphatic heterocycles. The molecule has 0 bridgehead atoms. The lowest BCUT2D eigenvalue weighted by molar-refractivity contribution is -0.131. The Labute approximate surface area is 87.7 Å². The Balaban J connectivity index is 2.76. The van der Waals surface area contributed by atoms with E-state index in [0.29, 0.717) is 17.3 Å². The van der Waals surface area contributed by atoms with Crippen molar-refractivity contribution in [2.24, 2.45) is 0 Å². The number of carbonyl (C=O) groups is 1. The summed E-state index contributed by atoms with van der Waals surface area (Å²) >= 11 is 0. The number of hydrogen-bond acceptors (Lipinski definition) is 3. The Bertz CT molecular complexity index is 382. The highest BCUT2D eigenvalue weighted by Gasteiger charge is 1.99. The Morgan fingerprint density at radius 2 is 2.07 bits per heavy atom. The zero-order valence-corrected chi connectivity index (χ0v) is 8.56. The number of carboxylic acid groups (broad SMARTS) is 1. The molecule has 1 rings (SSSR count). The van der Waals surface area contributed by atoms with Crippen LogP contribution < -0.4 is 9.47 Å². The summed E-state index contributed by atoms with van der Waals surface area (Å²) in [6, 6.07) is 6.95. The first kappa shape index (κ1) is 11.1. The van der Waals surface area contributed by atoms with E-state index in [9.17, 15) is 4.79 Å². The minimum atomic E-state index is -1.03. The predicted molar refractivity (Wildman–Crippen MR) is 55.0 cm³/mol. The molecule has 0 amide bonds. The van der Waals surface area contributed by atoms with Gasteiger partial charge in [-0.05, 0) is 19.1 Å². The normalized spacial score (nSPS) is 10.9. The van der Waals surface area contributed by atoms with Crippen LogP contribution in [0.3, 0.4) is 0 Å². The Kier molecular flexibility index (Phi) is 3.74. The molecule has 0 heterocycles. The van der Waals surface area contributed by atoms with Crippen LogP contribution in [0.1, 0.15) is 6.92 Å². The zero-order chi connectivity index (χ0) is 11.3. The molecule has 15 heavy (non-hydrogen) atoms.